The largest absolute Gasteiger partial charge is 0.376 e. The first kappa shape index (κ1) is 13.7. The van der Waals surface area contributed by atoms with E-state index in [1.165, 1.54) is 32.1 Å². The maximum atomic E-state index is 5.89. The summed E-state index contributed by atoms with van der Waals surface area (Å²) in [5, 5.41) is 3.18. The van der Waals surface area contributed by atoms with E-state index >= 15 is 0 Å². The number of hydrogen-bond acceptors (Lipinski definition) is 2. The Morgan fingerprint density at radius 3 is 2.94 bits per heavy atom. The maximum absolute atomic E-state index is 5.89. The molecule has 2 fully saturated rings. The van der Waals surface area contributed by atoms with Crippen molar-refractivity contribution in [3.63, 3.8) is 0 Å². The quantitative estimate of drug-likeness (QED) is 0.594. The van der Waals surface area contributed by atoms with E-state index in [9.17, 15) is 0 Å². The molecule has 1 saturated carbocycles. The molecule has 3 atom stereocenters. The SMILES string of the molecule is CC1CCCC(CN=C(N)NCC2CCCO2)C1. The number of aliphatic imine (C=N–C) groups is 1. The van der Waals surface area contributed by atoms with Gasteiger partial charge in [-0.25, -0.2) is 0 Å². The predicted molar refractivity (Wildman–Crippen MR) is 74.6 cm³/mol. The molecule has 18 heavy (non-hydrogen) atoms. The van der Waals surface area contributed by atoms with Gasteiger partial charge >= 0.3 is 0 Å². The van der Waals surface area contributed by atoms with Gasteiger partial charge < -0.3 is 15.8 Å². The normalized spacial score (nSPS) is 33.6. The zero-order chi connectivity index (χ0) is 12.8. The molecule has 0 radical (unpaired) electrons. The Morgan fingerprint density at radius 1 is 1.33 bits per heavy atom. The molecular weight excluding hydrogens is 226 g/mol. The fourth-order valence-electron chi connectivity index (χ4n) is 3.03. The van der Waals surface area contributed by atoms with E-state index in [1.54, 1.807) is 0 Å². The summed E-state index contributed by atoms with van der Waals surface area (Å²) >= 11 is 0. The van der Waals surface area contributed by atoms with Crippen LogP contribution in [-0.4, -0.2) is 31.8 Å². The molecule has 0 aromatic rings. The summed E-state index contributed by atoms with van der Waals surface area (Å²) in [5.41, 5.74) is 5.89. The van der Waals surface area contributed by atoms with Crippen molar-refractivity contribution in [2.24, 2.45) is 22.6 Å². The molecular formula is C14H27N3O. The number of nitrogens with one attached hydrogen (secondary N) is 1. The summed E-state index contributed by atoms with van der Waals surface area (Å²) in [6.07, 6.45) is 7.99. The van der Waals surface area contributed by atoms with E-state index in [4.69, 9.17) is 10.5 Å². The molecule has 2 aliphatic rings. The van der Waals surface area contributed by atoms with Crippen LogP contribution in [0.5, 0.6) is 0 Å². The van der Waals surface area contributed by atoms with Gasteiger partial charge in [-0.2, -0.15) is 0 Å². The van der Waals surface area contributed by atoms with Gasteiger partial charge in [0.2, 0.25) is 0 Å². The van der Waals surface area contributed by atoms with Crippen molar-refractivity contribution in [3.8, 4) is 0 Å². The van der Waals surface area contributed by atoms with Crippen LogP contribution in [0.15, 0.2) is 4.99 Å². The summed E-state index contributed by atoms with van der Waals surface area (Å²) in [5.74, 6) is 2.18. The monoisotopic (exact) mass is 253 g/mol. The van der Waals surface area contributed by atoms with E-state index in [2.05, 4.69) is 17.2 Å². The van der Waals surface area contributed by atoms with Gasteiger partial charge in [-0.05, 0) is 37.5 Å². The topological polar surface area (TPSA) is 59.6 Å². The molecule has 0 aromatic carbocycles. The minimum atomic E-state index is 0.327. The number of nitrogens with zero attached hydrogens (tertiary/aromatic N) is 1. The molecule has 1 aliphatic carbocycles. The number of rotatable bonds is 4. The summed E-state index contributed by atoms with van der Waals surface area (Å²) in [4.78, 5) is 4.47. The number of nitrogens with two attached hydrogens (primary N) is 1. The van der Waals surface area contributed by atoms with Crippen LogP contribution in [0.25, 0.3) is 0 Å². The van der Waals surface area contributed by atoms with Crippen molar-refractivity contribution < 1.29 is 4.74 Å². The van der Waals surface area contributed by atoms with Crippen molar-refractivity contribution in [1.82, 2.24) is 5.32 Å². The molecule has 1 aliphatic heterocycles. The van der Waals surface area contributed by atoms with Gasteiger partial charge in [0, 0.05) is 19.7 Å². The second-order valence-electron chi connectivity index (χ2n) is 5.88. The molecule has 4 nitrogen and oxygen atoms in total. The van der Waals surface area contributed by atoms with Gasteiger partial charge in [-0.15, -0.1) is 0 Å². The zero-order valence-corrected chi connectivity index (χ0v) is 11.5. The molecule has 3 unspecified atom stereocenters. The van der Waals surface area contributed by atoms with Gasteiger partial charge in [-0.3, -0.25) is 4.99 Å². The number of ether oxygens (including phenoxy) is 1. The lowest BCUT2D eigenvalue weighted by atomic mass is 9.82. The fraction of sp³-hybridized carbons (Fsp3) is 0.929. The highest BCUT2D eigenvalue weighted by molar-refractivity contribution is 5.77. The average molecular weight is 253 g/mol. The van der Waals surface area contributed by atoms with Crippen LogP contribution in [0.1, 0.15) is 45.4 Å². The predicted octanol–water partition coefficient (Wildman–Crippen LogP) is 1.90. The second kappa shape index (κ2) is 6.98. The minimum Gasteiger partial charge on any atom is -0.376 e. The second-order valence-corrected chi connectivity index (χ2v) is 5.88. The highest BCUT2D eigenvalue weighted by Gasteiger charge is 2.18. The van der Waals surface area contributed by atoms with Crippen molar-refractivity contribution in [3.05, 3.63) is 0 Å². The van der Waals surface area contributed by atoms with Gasteiger partial charge in [0.25, 0.3) is 0 Å². The van der Waals surface area contributed by atoms with E-state index < -0.39 is 0 Å². The van der Waals surface area contributed by atoms with Gasteiger partial charge in [0.1, 0.15) is 0 Å². The number of hydrogen-bond donors (Lipinski definition) is 2. The highest BCUT2D eigenvalue weighted by atomic mass is 16.5. The van der Waals surface area contributed by atoms with Crippen molar-refractivity contribution >= 4 is 5.96 Å². The van der Waals surface area contributed by atoms with Crippen molar-refractivity contribution in [2.45, 2.75) is 51.6 Å². The first-order valence-electron chi connectivity index (χ1n) is 7.39. The fourth-order valence-corrected chi connectivity index (χ4v) is 3.03. The third-order valence-electron chi connectivity index (χ3n) is 4.10. The third-order valence-corrected chi connectivity index (χ3v) is 4.10. The Balaban J connectivity index is 1.64. The van der Waals surface area contributed by atoms with E-state index in [1.807, 2.05) is 0 Å². The van der Waals surface area contributed by atoms with Crippen LogP contribution in [0.3, 0.4) is 0 Å². The zero-order valence-electron chi connectivity index (χ0n) is 11.5. The molecule has 1 saturated heterocycles. The first-order valence-corrected chi connectivity index (χ1v) is 7.39. The molecule has 2 rings (SSSR count). The van der Waals surface area contributed by atoms with Crippen molar-refractivity contribution in [2.75, 3.05) is 19.7 Å². The minimum absolute atomic E-state index is 0.327. The maximum Gasteiger partial charge on any atom is 0.188 e. The summed E-state index contributed by atoms with van der Waals surface area (Å²) < 4.78 is 5.54. The molecule has 0 spiro atoms. The highest BCUT2D eigenvalue weighted by Crippen LogP contribution is 2.28. The average Bonchev–Trinajstić information content (AvgIpc) is 2.87. The lowest BCUT2D eigenvalue weighted by molar-refractivity contribution is 0.114. The first-order chi connectivity index (χ1) is 8.74. The number of guanidine groups is 1. The van der Waals surface area contributed by atoms with Crippen molar-refractivity contribution in [1.29, 1.82) is 0 Å². The Kier molecular flexibility index (Phi) is 5.29. The van der Waals surface area contributed by atoms with Crippen LogP contribution in [0.4, 0.5) is 0 Å². The van der Waals surface area contributed by atoms with E-state index in [0.29, 0.717) is 12.1 Å². The Labute approximate surface area is 110 Å². The van der Waals surface area contributed by atoms with Gasteiger partial charge in [0.05, 0.1) is 6.10 Å². The summed E-state index contributed by atoms with van der Waals surface area (Å²) in [6.45, 7) is 4.92. The molecule has 0 bridgehead atoms. The Bertz CT molecular complexity index is 274. The Hall–Kier alpha value is -0.770. The van der Waals surface area contributed by atoms with Crippen LogP contribution in [-0.2, 0) is 4.74 Å². The van der Waals surface area contributed by atoms with Crippen LogP contribution >= 0.6 is 0 Å². The van der Waals surface area contributed by atoms with Crippen LogP contribution in [0, 0.1) is 11.8 Å². The molecule has 4 heteroatoms. The van der Waals surface area contributed by atoms with Crippen LogP contribution < -0.4 is 11.1 Å². The van der Waals surface area contributed by atoms with Gasteiger partial charge in [-0.1, -0.05) is 19.8 Å². The molecule has 104 valence electrons. The molecule has 0 amide bonds. The summed E-state index contributed by atoms with van der Waals surface area (Å²) in [6, 6.07) is 0. The Morgan fingerprint density at radius 2 is 2.22 bits per heavy atom. The summed E-state index contributed by atoms with van der Waals surface area (Å²) in [7, 11) is 0. The van der Waals surface area contributed by atoms with E-state index in [-0.39, 0.29) is 0 Å². The molecule has 0 aromatic heterocycles. The lowest BCUT2D eigenvalue weighted by Gasteiger charge is -2.25. The molecule has 1 heterocycles. The van der Waals surface area contributed by atoms with E-state index in [0.717, 1.165) is 38.0 Å². The third kappa shape index (κ3) is 4.48. The lowest BCUT2D eigenvalue weighted by Crippen LogP contribution is -2.37. The molecule has 3 N–H and O–H groups in total. The standard InChI is InChI=1S/C14H27N3O/c1-11-4-2-5-12(8-11)9-16-14(15)17-10-13-6-3-7-18-13/h11-13H,2-10H2,1H3,(H3,15,16,17). The van der Waals surface area contributed by atoms with Gasteiger partial charge in [0.15, 0.2) is 5.96 Å². The smallest absolute Gasteiger partial charge is 0.188 e. The van der Waals surface area contributed by atoms with Crippen LogP contribution in [0.2, 0.25) is 0 Å².